The molecule has 0 unspecified atom stereocenters. The Morgan fingerprint density at radius 3 is 2.74 bits per heavy atom. The van der Waals surface area contributed by atoms with Gasteiger partial charge in [-0.2, -0.15) is 4.37 Å². The smallest absolute Gasteiger partial charge is 0.305 e. The maximum atomic E-state index is 12.8. The number of rotatable bonds is 7. The summed E-state index contributed by atoms with van der Waals surface area (Å²) in [5.41, 5.74) is 1.49. The van der Waals surface area contributed by atoms with E-state index in [1.807, 2.05) is 18.2 Å². The van der Waals surface area contributed by atoms with Crippen molar-refractivity contribution in [2.24, 2.45) is 5.92 Å². The van der Waals surface area contributed by atoms with Gasteiger partial charge < -0.3 is 25.4 Å². The number of carboxylic acid groups (broad SMARTS) is 1. The molecule has 2 aromatic rings. The molecule has 0 radical (unpaired) electrons. The first-order valence-corrected chi connectivity index (χ1v) is 11.1. The van der Waals surface area contributed by atoms with Crippen LogP contribution in [0, 0.1) is 5.92 Å². The first-order chi connectivity index (χ1) is 15.0. The lowest BCUT2D eigenvalue weighted by Crippen LogP contribution is -2.57. The fourth-order valence-corrected chi connectivity index (χ4v) is 4.96. The molecule has 0 aliphatic carbocycles. The summed E-state index contributed by atoms with van der Waals surface area (Å²) in [4.78, 5) is 34.8. The molecule has 0 saturated carbocycles. The molecule has 9 nitrogen and oxygen atoms in total. The molecule has 3 saturated heterocycles. The molecule has 168 valence electrons. The van der Waals surface area contributed by atoms with E-state index in [1.54, 1.807) is 0 Å². The van der Waals surface area contributed by atoms with Gasteiger partial charge in [0.1, 0.15) is 5.69 Å². The van der Waals surface area contributed by atoms with Crippen LogP contribution >= 0.6 is 11.5 Å². The van der Waals surface area contributed by atoms with Crippen molar-refractivity contribution in [1.29, 1.82) is 0 Å². The van der Waals surface area contributed by atoms with Crippen LogP contribution in [0.25, 0.3) is 10.1 Å². The number of benzene rings is 1. The number of esters is 1. The van der Waals surface area contributed by atoms with E-state index in [-0.39, 0.29) is 24.4 Å². The second-order valence-corrected chi connectivity index (χ2v) is 8.48. The number of anilines is 1. The molecule has 1 atom stereocenters. The maximum absolute atomic E-state index is 12.8. The Labute approximate surface area is 184 Å². The van der Waals surface area contributed by atoms with Gasteiger partial charge in [0.2, 0.25) is 0 Å². The average molecular weight is 449 g/mol. The number of piperidine rings is 3. The number of nitrogens with zero attached hydrogens (tertiary/aromatic N) is 2. The fraction of sp³-hybridized carbons (Fsp3) is 0.524. The number of hydrogen-bond donors (Lipinski definition) is 3. The Hall–Kier alpha value is -2.72. The number of hydrogen-bond acceptors (Lipinski definition) is 8. The lowest BCUT2D eigenvalue weighted by atomic mass is 9.84. The number of methoxy groups -OCH3 is 1. The molecule has 1 aromatic heterocycles. The van der Waals surface area contributed by atoms with Crippen molar-refractivity contribution in [2.75, 3.05) is 38.6 Å². The predicted octanol–water partition coefficient (Wildman–Crippen LogP) is 2.19. The van der Waals surface area contributed by atoms with Crippen LogP contribution in [-0.2, 0) is 14.3 Å². The summed E-state index contributed by atoms with van der Waals surface area (Å²) in [6.45, 7) is 3.71. The summed E-state index contributed by atoms with van der Waals surface area (Å²) in [5.74, 6) is 0.335. The van der Waals surface area contributed by atoms with Crippen LogP contribution in [0.4, 0.5) is 5.69 Å². The van der Waals surface area contributed by atoms with Crippen molar-refractivity contribution in [1.82, 2.24) is 14.6 Å². The number of amides is 1. The first-order valence-electron chi connectivity index (χ1n) is 10.4. The standard InChI is InChI=1S/C20H26N4O3S.CH2O2/c1-27-18(25)3-2-8-21-14-4-5-15-17(11-14)28-23-19(15)20(26)22-16-12-24-9-6-13(16)7-10-24;2-1-3/h4-5,11,13,16,21H,2-3,6-10,12H2,1H3,(H,22,26);1H,(H,2,3)/t16-;/m1./s1. The van der Waals surface area contributed by atoms with Crippen molar-refractivity contribution >= 4 is 45.7 Å². The molecule has 3 N–H and O–H groups in total. The number of carbonyl (C=O) groups is 3. The minimum Gasteiger partial charge on any atom is -0.483 e. The third-order valence-electron chi connectivity index (χ3n) is 5.77. The Kier molecular flexibility index (Phi) is 8.19. The van der Waals surface area contributed by atoms with Gasteiger partial charge >= 0.3 is 5.97 Å². The van der Waals surface area contributed by atoms with Crippen LogP contribution < -0.4 is 10.6 Å². The largest absolute Gasteiger partial charge is 0.483 e. The quantitative estimate of drug-likeness (QED) is 0.335. The van der Waals surface area contributed by atoms with Gasteiger partial charge in [0.25, 0.3) is 12.4 Å². The van der Waals surface area contributed by atoms with Crippen molar-refractivity contribution in [3.63, 3.8) is 0 Å². The maximum Gasteiger partial charge on any atom is 0.305 e. The van der Waals surface area contributed by atoms with Gasteiger partial charge in [-0.3, -0.25) is 14.4 Å². The molecule has 5 rings (SSSR count). The summed E-state index contributed by atoms with van der Waals surface area (Å²) >= 11 is 1.35. The van der Waals surface area contributed by atoms with E-state index in [4.69, 9.17) is 9.90 Å². The molecule has 1 amide bonds. The molecule has 2 bridgehead atoms. The van der Waals surface area contributed by atoms with Crippen molar-refractivity contribution < 1.29 is 24.2 Å². The lowest BCUT2D eigenvalue weighted by molar-refractivity contribution is -0.140. The van der Waals surface area contributed by atoms with E-state index in [1.165, 1.54) is 31.5 Å². The highest BCUT2D eigenvalue weighted by Gasteiger charge is 2.35. The number of aromatic nitrogens is 1. The molecule has 4 heterocycles. The summed E-state index contributed by atoms with van der Waals surface area (Å²) < 4.78 is 10.0. The van der Waals surface area contributed by atoms with Crippen LogP contribution in [0.15, 0.2) is 18.2 Å². The molecule has 3 aliphatic heterocycles. The van der Waals surface area contributed by atoms with Crippen LogP contribution in [0.1, 0.15) is 36.2 Å². The summed E-state index contributed by atoms with van der Waals surface area (Å²) in [5, 5.41) is 14.3. The van der Waals surface area contributed by atoms with Crippen LogP contribution in [0.2, 0.25) is 0 Å². The van der Waals surface area contributed by atoms with E-state index in [2.05, 4.69) is 24.6 Å². The van der Waals surface area contributed by atoms with E-state index >= 15 is 0 Å². The van der Waals surface area contributed by atoms with E-state index in [0.717, 1.165) is 35.4 Å². The van der Waals surface area contributed by atoms with E-state index in [9.17, 15) is 9.59 Å². The zero-order valence-corrected chi connectivity index (χ0v) is 18.3. The Bertz CT molecular complexity index is 910. The number of carbonyl (C=O) groups excluding carboxylic acids is 2. The first kappa shape index (κ1) is 23.0. The monoisotopic (exact) mass is 448 g/mol. The summed E-state index contributed by atoms with van der Waals surface area (Å²) in [6.07, 6.45) is 3.46. The Balaban J connectivity index is 0.000000858. The zero-order valence-electron chi connectivity index (χ0n) is 17.5. The van der Waals surface area contributed by atoms with Crippen LogP contribution in [0.3, 0.4) is 0 Å². The Morgan fingerprint density at radius 1 is 1.35 bits per heavy atom. The van der Waals surface area contributed by atoms with Crippen molar-refractivity contribution in [3.8, 4) is 0 Å². The minimum atomic E-state index is -0.250. The van der Waals surface area contributed by atoms with Gasteiger partial charge in [-0.1, -0.05) is 0 Å². The van der Waals surface area contributed by atoms with Gasteiger partial charge in [0.05, 0.1) is 11.8 Å². The Morgan fingerprint density at radius 2 is 2.10 bits per heavy atom. The van der Waals surface area contributed by atoms with Gasteiger partial charge in [-0.25, -0.2) is 0 Å². The number of fused-ring (bicyclic) bond motifs is 4. The number of ether oxygens (including phenoxy) is 1. The molecule has 10 heteroatoms. The second-order valence-electron chi connectivity index (χ2n) is 7.67. The molecule has 1 aromatic carbocycles. The van der Waals surface area contributed by atoms with Gasteiger partial charge in [-0.15, -0.1) is 0 Å². The fourth-order valence-electron chi connectivity index (χ4n) is 4.14. The molecule has 3 aliphatic rings. The third kappa shape index (κ3) is 5.92. The second kappa shape index (κ2) is 11.1. The topological polar surface area (TPSA) is 121 Å². The normalized spacial score (nSPS) is 21.6. The SMILES string of the molecule is COC(=O)CCCNc1ccc2c(C(=O)N[C@@H]3CN4CCC3CC4)nsc2c1.O=CO. The van der Waals surface area contributed by atoms with E-state index < -0.39 is 0 Å². The van der Waals surface area contributed by atoms with Gasteiger partial charge in [0, 0.05) is 36.6 Å². The molecular formula is C21H28N4O5S. The third-order valence-corrected chi connectivity index (χ3v) is 6.58. The van der Waals surface area contributed by atoms with Gasteiger partial charge in [0.15, 0.2) is 0 Å². The highest BCUT2D eigenvalue weighted by molar-refractivity contribution is 7.13. The predicted molar refractivity (Wildman–Crippen MR) is 118 cm³/mol. The van der Waals surface area contributed by atoms with Gasteiger partial charge in [-0.05, 0) is 68.0 Å². The van der Waals surface area contributed by atoms with Crippen LogP contribution in [-0.4, -0.2) is 72.1 Å². The summed E-state index contributed by atoms with van der Waals surface area (Å²) in [6, 6.07) is 6.16. The minimum absolute atomic E-state index is 0.0659. The van der Waals surface area contributed by atoms with E-state index in [0.29, 0.717) is 31.0 Å². The highest BCUT2D eigenvalue weighted by atomic mass is 32.1. The summed E-state index contributed by atoms with van der Waals surface area (Å²) in [7, 11) is 1.40. The lowest BCUT2D eigenvalue weighted by Gasteiger charge is -2.44. The molecule has 31 heavy (non-hydrogen) atoms. The number of nitrogens with one attached hydrogen (secondary N) is 2. The van der Waals surface area contributed by atoms with Crippen molar-refractivity contribution in [3.05, 3.63) is 23.9 Å². The molecule has 3 fully saturated rings. The van der Waals surface area contributed by atoms with Crippen molar-refractivity contribution in [2.45, 2.75) is 31.7 Å². The molecular weight excluding hydrogens is 420 g/mol. The van der Waals surface area contributed by atoms with Crippen LogP contribution in [0.5, 0.6) is 0 Å². The average Bonchev–Trinajstić information content (AvgIpc) is 3.21. The highest BCUT2D eigenvalue weighted by Crippen LogP contribution is 2.29. The molecule has 0 spiro atoms. The zero-order chi connectivity index (χ0) is 22.2.